The standard InChI is InChI=1S/C13H18N2O3/c1-9-14-8-11(12(16)15-9)10-2-4-13(5-3-10)17-6-7-18-13/h8,10H,2-7H2,1H3,(H,14,15,16). The highest BCUT2D eigenvalue weighted by Crippen LogP contribution is 2.41. The Hall–Kier alpha value is -1.20. The molecule has 98 valence electrons. The van der Waals surface area contributed by atoms with Crippen LogP contribution in [0.3, 0.4) is 0 Å². The molecule has 1 aromatic heterocycles. The molecule has 2 fully saturated rings. The summed E-state index contributed by atoms with van der Waals surface area (Å²) in [7, 11) is 0. The van der Waals surface area contributed by atoms with Crippen LogP contribution in [-0.2, 0) is 9.47 Å². The summed E-state index contributed by atoms with van der Waals surface area (Å²) in [6.45, 7) is 3.18. The lowest BCUT2D eigenvalue weighted by Gasteiger charge is -2.35. The molecule has 1 aliphatic heterocycles. The molecule has 0 unspecified atom stereocenters. The Labute approximate surface area is 106 Å². The van der Waals surface area contributed by atoms with E-state index >= 15 is 0 Å². The molecule has 1 spiro atoms. The maximum Gasteiger partial charge on any atom is 0.254 e. The van der Waals surface area contributed by atoms with Gasteiger partial charge in [-0.1, -0.05) is 0 Å². The van der Waals surface area contributed by atoms with E-state index in [1.807, 2.05) is 0 Å². The molecule has 0 radical (unpaired) electrons. The second kappa shape index (κ2) is 4.48. The molecule has 1 aromatic rings. The lowest BCUT2D eigenvalue weighted by atomic mass is 9.82. The predicted octanol–water partition coefficient (Wildman–Crippen LogP) is 1.48. The van der Waals surface area contributed by atoms with E-state index in [9.17, 15) is 4.79 Å². The molecule has 0 bridgehead atoms. The average molecular weight is 250 g/mol. The van der Waals surface area contributed by atoms with Crippen LogP contribution in [0.15, 0.2) is 11.0 Å². The molecule has 5 nitrogen and oxygen atoms in total. The van der Waals surface area contributed by atoms with Gasteiger partial charge in [0.1, 0.15) is 5.82 Å². The van der Waals surface area contributed by atoms with Crippen LogP contribution in [0.2, 0.25) is 0 Å². The number of nitrogens with one attached hydrogen (secondary N) is 1. The first-order valence-electron chi connectivity index (χ1n) is 6.52. The number of hydrogen-bond donors (Lipinski definition) is 1. The number of aromatic amines is 1. The number of aromatic nitrogens is 2. The first-order chi connectivity index (χ1) is 8.69. The molecule has 1 saturated carbocycles. The summed E-state index contributed by atoms with van der Waals surface area (Å²) >= 11 is 0. The van der Waals surface area contributed by atoms with Gasteiger partial charge in [0.15, 0.2) is 5.79 Å². The van der Waals surface area contributed by atoms with Gasteiger partial charge in [0.2, 0.25) is 0 Å². The van der Waals surface area contributed by atoms with Crippen LogP contribution < -0.4 is 5.56 Å². The lowest BCUT2D eigenvalue weighted by Crippen LogP contribution is -2.35. The van der Waals surface area contributed by atoms with Crippen LogP contribution in [0.4, 0.5) is 0 Å². The second-order valence-corrected chi connectivity index (χ2v) is 5.13. The Morgan fingerprint density at radius 2 is 2.00 bits per heavy atom. The van der Waals surface area contributed by atoms with Crippen molar-refractivity contribution in [3.63, 3.8) is 0 Å². The average Bonchev–Trinajstić information content (AvgIpc) is 2.80. The third-order valence-corrected chi connectivity index (χ3v) is 3.95. The van der Waals surface area contributed by atoms with Gasteiger partial charge >= 0.3 is 0 Å². The zero-order valence-electron chi connectivity index (χ0n) is 10.6. The van der Waals surface area contributed by atoms with Crippen LogP contribution >= 0.6 is 0 Å². The van der Waals surface area contributed by atoms with Crippen molar-refractivity contribution in [3.8, 4) is 0 Å². The molecule has 1 aliphatic carbocycles. The fraction of sp³-hybridized carbons (Fsp3) is 0.692. The van der Waals surface area contributed by atoms with Crippen molar-refractivity contribution in [2.75, 3.05) is 13.2 Å². The zero-order valence-corrected chi connectivity index (χ0v) is 10.6. The van der Waals surface area contributed by atoms with E-state index in [-0.39, 0.29) is 17.3 Å². The summed E-state index contributed by atoms with van der Waals surface area (Å²) in [5, 5.41) is 0. The largest absolute Gasteiger partial charge is 0.348 e. The Kier molecular flexibility index (Phi) is 2.95. The van der Waals surface area contributed by atoms with Crippen molar-refractivity contribution in [2.24, 2.45) is 0 Å². The van der Waals surface area contributed by atoms with Gasteiger partial charge in [-0.2, -0.15) is 0 Å². The lowest BCUT2D eigenvalue weighted by molar-refractivity contribution is -0.178. The molecular weight excluding hydrogens is 232 g/mol. The Bertz CT molecular complexity index is 481. The van der Waals surface area contributed by atoms with E-state index in [0.717, 1.165) is 31.2 Å². The number of ether oxygens (including phenoxy) is 2. The van der Waals surface area contributed by atoms with Gasteiger partial charge in [0.05, 0.1) is 13.2 Å². The Morgan fingerprint density at radius 1 is 1.33 bits per heavy atom. The highest BCUT2D eigenvalue weighted by molar-refractivity contribution is 5.13. The maximum atomic E-state index is 11.9. The monoisotopic (exact) mass is 250 g/mol. The van der Waals surface area contributed by atoms with E-state index < -0.39 is 0 Å². The van der Waals surface area contributed by atoms with Gasteiger partial charge in [-0.05, 0) is 25.7 Å². The minimum Gasteiger partial charge on any atom is -0.348 e. The van der Waals surface area contributed by atoms with Gasteiger partial charge in [-0.25, -0.2) is 4.98 Å². The van der Waals surface area contributed by atoms with Gasteiger partial charge in [-0.3, -0.25) is 4.79 Å². The molecule has 0 amide bonds. The topological polar surface area (TPSA) is 64.2 Å². The van der Waals surface area contributed by atoms with Crippen molar-refractivity contribution in [1.82, 2.24) is 9.97 Å². The van der Waals surface area contributed by atoms with Crippen molar-refractivity contribution >= 4 is 0 Å². The molecule has 3 rings (SSSR count). The maximum absolute atomic E-state index is 11.9. The molecule has 18 heavy (non-hydrogen) atoms. The molecular formula is C13H18N2O3. The number of aryl methyl sites for hydroxylation is 1. The van der Waals surface area contributed by atoms with Crippen LogP contribution in [0.1, 0.15) is 43.0 Å². The Morgan fingerprint density at radius 3 is 2.61 bits per heavy atom. The first kappa shape index (κ1) is 11.9. The molecule has 0 aromatic carbocycles. The van der Waals surface area contributed by atoms with Crippen LogP contribution in [0, 0.1) is 6.92 Å². The quantitative estimate of drug-likeness (QED) is 0.820. The summed E-state index contributed by atoms with van der Waals surface area (Å²) in [5.74, 6) is 0.584. The van der Waals surface area contributed by atoms with E-state index in [2.05, 4.69) is 9.97 Å². The van der Waals surface area contributed by atoms with Crippen molar-refractivity contribution < 1.29 is 9.47 Å². The summed E-state index contributed by atoms with van der Waals surface area (Å²) in [6, 6.07) is 0. The summed E-state index contributed by atoms with van der Waals surface area (Å²) in [5.41, 5.74) is 0.796. The van der Waals surface area contributed by atoms with Crippen LogP contribution in [-0.4, -0.2) is 29.0 Å². The van der Waals surface area contributed by atoms with Crippen molar-refractivity contribution in [3.05, 3.63) is 27.9 Å². The summed E-state index contributed by atoms with van der Waals surface area (Å²) in [4.78, 5) is 18.8. The third-order valence-electron chi connectivity index (χ3n) is 3.95. The molecule has 2 aliphatic rings. The van der Waals surface area contributed by atoms with E-state index in [1.54, 1.807) is 13.1 Å². The van der Waals surface area contributed by atoms with Gasteiger partial charge in [0, 0.05) is 24.6 Å². The SMILES string of the molecule is Cc1ncc(C2CCC3(CC2)OCCO3)c(=O)[nH]1. The Balaban J connectivity index is 1.74. The van der Waals surface area contributed by atoms with Crippen molar-refractivity contribution in [2.45, 2.75) is 44.3 Å². The predicted molar refractivity (Wildman–Crippen MR) is 65.4 cm³/mol. The molecule has 0 atom stereocenters. The molecule has 2 heterocycles. The first-order valence-corrected chi connectivity index (χ1v) is 6.52. The molecule has 5 heteroatoms. The highest BCUT2D eigenvalue weighted by Gasteiger charge is 2.40. The molecule has 1 saturated heterocycles. The fourth-order valence-corrected chi connectivity index (χ4v) is 2.94. The minimum atomic E-state index is -0.360. The van der Waals surface area contributed by atoms with Gasteiger partial charge in [0.25, 0.3) is 5.56 Å². The van der Waals surface area contributed by atoms with Gasteiger partial charge in [-0.15, -0.1) is 0 Å². The number of H-pyrrole nitrogens is 1. The molecule has 1 N–H and O–H groups in total. The third kappa shape index (κ3) is 2.08. The summed E-state index contributed by atoms with van der Waals surface area (Å²) < 4.78 is 11.4. The van der Waals surface area contributed by atoms with E-state index in [0.29, 0.717) is 19.0 Å². The van der Waals surface area contributed by atoms with Gasteiger partial charge < -0.3 is 14.5 Å². The van der Waals surface area contributed by atoms with Crippen molar-refractivity contribution in [1.29, 1.82) is 0 Å². The second-order valence-electron chi connectivity index (χ2n) is 5.13. The fourth-order valence-electron chi connectivity index (χ4n) is 2.94. The zero-order chi connectivity index (χ0) is 12.6. The van der Waals surface area contributed by atoms with Crippen LogP contribution in [0.5, 0.6) is 0 Å². The number of hydrogen-bond acceptors (Lipinski definition) is 4. The van der Waals surface area contributed by atoms with Crippen LogP contribution in [0.25, 0.3) is 0 Å². The normalized spacial score (nSPS) is 23.6. The highest BCUT2D eigenvalue weighted by atomic mass is 16.7. The van der Waals surface area contributed by atoms with E-state index in [1.165, 1.54) is 0 Å². The van der Waals surface area contributed by atoms with E-state index in [4.69, 9.17) is 9.47 Å². The smallest absolute Gasteiger partial charge is 0.254 e. The summed E-state index contributed by atoms with van der Waals surface area (Å²) in [6.07, 6.45) is 5.30. The number of rotatable bonds is 1. The number of nitrogens with zero attached hydrogens (tertiary/aromatic N) is 1. The minimum absolute atomic E-state index is 0.00305.